The molecule has 1 atom stereocenters. The molecule has 5 heteroatoms. The maximum atomic E-state index is 10.8. The van der Waals surface area contributed by atoms with E-state index in [1.165, 1.54) is 7.05 Å². The molecule has 4 nitrogen and oxygen atoms in total. The lowest BCUT2D eigenvalue weighted by atomic mass is 9.70. The van der Waals surface area contributed by atoms with Gasteiger partial charge in [0.2, 0.25) is 0 Å². The molecule has 1 aliphatic rings. The van der Waals surface area contributed by atoms with Gasteiger partial charge in [0, 0.05) is 7.05 Å². The molecule has 1 unspecified atom stereocenters. The third-order valence-corrected chi connectivity index (χ3v) is 3.72. The zero-order valence-electron chi connectivity index (χ0n) is 8.96. The first-order valence-corrected chi connectivity index (χ1v) is 5.78. The van der Waals surface area contributed by atoms with Crippen LogP contribution in [0.1, 0.15) is 20.3 Å². The predicted molar refractivity (Wildman–Crippen MR) is 58.7 cm³/mol. The number of rotatable bonds is 2. The molecule has 80 valence electrons. The molecule has 0 heterocycles. The van der Waals surface area contributed by atoms with Gasteiger partial charge in [-0.25, -0.2) is 4.79 Å². The van der Waals surface area contributed by atoms with Gasteiger partial charge in [0.25, 0.3) is 0 Å². The number of amides is 1. The summed E-state index contributed by atoms with van der Waals surface area (Å²) >= 11 is 1.74. The smallest absolute Gasteiger partial charge is 0.323 e. The molecule has 1 aliphatic carbocycles. The quantitative estimate of drug-likeness (QED) is 0.566. The molecule has 1 fully saturated rings. The van der Waals surface area contributed by atoms with Crippen molar-refractivity contribution in [1.29, 1.82) is 0 Å². The zero-order valence-corrected chi connectivity index (χ0v) is 9.77. The van der Waals surface area contributed by atoms with Gasteiger partial charge in [0.15, 0.2) is 0 Å². The minimum absolute atomic E-state index is 0.268. The van der Waals surface area contributed by atoms with Crippen LogP contribution >= 0.6 is 11.8 Å². The third-order valence-electron chi connectivity index (χ3n) is 2.33. The van der Waals surface area contributed by atoms with Gasteiger partial charge in [-0.2, -0.15) is 11.8 Å². The van der Waals surface area contributed by atoms with Crippen molar-refractivity contribution in [3.63, 3.8) is 0 Å². The number of carbonyl (C=O) groups is 1. The highest BCUT2D eigenvalue weighted by Crippen LogP contribution is 2.44. The summed E-state index contributed by atoms with van der Waals surface area (Å²) in [7, 11) is 1.51. The van der Waals surface area contributed by atoms with Crippen LogP contribution in [0.5, 0.6) is 0 Å². The molecule has 1 saturated carbocycles. The van der Waals surface area contributed by atoms with E-state index in [9.17, 15) is 4.79 Å². The average molecular weight is 216 g/mol. The fourth-order valence-corrected chi connectivity index (χ4v) is 2.77. The molecule has 0 saturated heterocycles. The van der Waals surface area contributed by atoms with Crippen LogP contribution in [0, 0.1) is 5.41 Å². The van der Waals surface area contributed by atoms with Crippen molar-refractivity contribution in [1.82, 2.24) is 5.32 Å². The average Bonchev–Trinajstić information content (AvgIpc) is 2.12. The normalized spacial score (nSPS) is 26.9. The molecular formula is C9H16N2O2S. The number of hydrogen-bond donors (Lipinski definition) is 1. The zero-order chi connectivity index (χ0) is 10.8. The van der Waals surface area contributed by atoms with Crippen molar-refractivity contribution in [3.8, 4) is 0 Å². The maximum Gasteiger partial charge on any atom is 0.433 e. The molecule has 0 bridgehead atoms. The van der Waals surface area contributed by atoms with Crippen LogP contribution in [0.3, 0.4) is 0 Å². The number of carbonyl (C=O) groups excluding carboxylic acids is 1. The van der Waals surface area contributed by atoms with E-state index in [0.717, 1.165) is 12.1 Å². The molecule has 1 amide bonds. The van der Waals surface area contributed by atoms with Crippen LogP contribution in [-0.2, 0) is 4.84 Å². The second-order valence-electron chi connectivity index (χ2n) is 3.99. The summed E-state index contributed by atoms with van der Waals surface area (Å²) in [6.07, 6.45) is 2.43. The Balaban J connectivity index is 2.52. The summed E-state index contributed by atoms with van der Waals surface area (Å²) in [6.45, 7) is 4.38. The van der Waals surface area contributed by atoms with Crippen LogP contribution in [-0.4, -0.2) is 30.4 Å². The molecule has 1 rings (SSSR count). The first-order valence-electron chi connectivity index (χ1n) is 4.49. The van der Waals surface area contributed by atoms with Crippen LogP contribution in [0.15, 0.2) is 5.16 Å². The van der Waals surface area contributed by atoms with E-state index in [0.29, 0.717) is 5.25 Å². The van der Waals surface area contributed by atoms with Gasteiger partial charge in [-0.3, -0.25) is 4.84 Å². The Kier molecular flexibility index (Phi) is 3.42. The van der Waals surface area contributed by atoms with E-state index in [1.54, 1.807) is 11.8 Å². The SMILES string of the molecule is CNC(=O)ON=C1CC(C)(C)C1SC. The van der Waals surface area contributed by atoms with Gasteiger partial charge in [-0.1, -0.05) is 19.0 Å². The van der Waals surface area contributed by atoms with E-state index in [4.69, 9.17) is 0 Å². The molecular weight excluding hydrogens is 200 g/mol. The van der Waals surface area contributed by atoms with E-state index < -0.39 is 6.09 Å². The van der Waals surface area contributed by atoms with Crippen molar-refractivity contribution in [3.05, 3.63) is 0 Å². The van der Waals surface area contributed by atoms with Gasteiger partial charge in [-0.15, -0.1) is 0 Å². The number of hydrogen-bond acceptors (Lipinski definition) is 4. The number of nitrogens with zero attached hydrogens (tertiary/aromatic N) is 1. The second kappa shape index (κ2) is 4.21. The lowest BCUT2D eigenvalue weighted by Crippen LogP contribution is -2.47. The number of nitrogens with one attached hydrogen (secondary N) is 1. The standard InChI is InChI=1S/C9H16N2O2S/c1-9(2)5-6(7(9)14-4)11-13-8(12)10-3/h7H,5H2,1-4H3,(H,10,12). The summed E-state index contributed by atoms with van der Waals surface area (Å²) in [4.78, 5) is 15.4. The Bertz CT molecular complexity index is 264. The van der Waals surface area contributed by atoms with Gasteiger partial charge < -0.3 is 5.32 Å². The summed E-state index contributed by atoms with van der Waals surface area (Å²) in [5.41, 5.74) is 1.23. The predicted octanol–water partition coefficient (Wildman–Crippen LogP) is 1.86. The summed E-state index contributed by atoms with van der Waals surface area (Å²) in [5, 5.41) is 6.55. The van der Waals surface area contributed by atoms with Gasteiger partial charge >= 0.3 is 6.09 Å². The van der Waals surface area contributed by atoms with Crippen LogP contribution < -0.4 is 5.32 Å². The maximum absolute atomic E-state index is 10.8. The summed E-state index contributed by atoms with van der Waals surface area (Å²) in [6, 6.07) is 0. The monoisotopic (exact) mass is 216 g/mol. The van der Waals surface area contributed by atoms with Crippen molar-refractivity contribution in [2.45, 2.75) is 25.5 Å². The highest BCUT2D eigenvalue weighted by Gasteiger charge is 2.44. The minimum atomic E-state index is -0.512. The number of oxime groups is 1. The van der Waals surface area contributed by atoms with Gasteiger partial charge in [0.05, 0.1) is 11.0 Å². The van der Waals surface area contributed by atoms with E-state index in [1.807, 2.05) is 6.26 Å². The van der Waals surface area contributed by atoms with Crippen LogP contribution in [0.4, 0.5) is 4.79 Å². The molecule has 0 aromatic carbocycles. The first kappa shape index (κ1) is 11.4. The Labute approximate surface area is 88.5 Å². The van der Waals surface area contributed by atoms with Crippen LogP contribution in [0.2, 0.25) is 0 Å². The lowest BCUT2D eigenvalue weighted by molar-refractivity contribution is 0.149. The first-order chi connectivity index (χ1) is 6.51. The van der Waals surface area contributed by atoms with Crippen molar-refractivity contribution >= 4 is 23.6 Å². The van der Waals surface area contributed by atoms with E-state index in [-0.39, 0.29) is 5.41 Å². The van der Waals surface area contributed by atoms with Gasteiger partial charge in [0.1, 0.15) is 0 Å². The van der Waals surface area contributed by atoms with Crippen molar-refractivity contribution in [2.75, 3.05) is 13.3 Å². The largest absolute Gasteiger partial charge is 0.433 e. The van der Waals surface area contributed by atoms with E-state index >= 15 is 0 Å². The highest BCUT2D eigenvalue weighted by atomic mass is 32.2. The van der Waals surface area contributed by atoms with Crippen molar-refractivity contribution in [2.24, 2.45) is 10.6 Å². The number of thioether (sulfide) groups is 1. The third kappa shape index (κ3) is 2.20. The molecule has 0 aromatic rings. The Morgan fingerprint density at radius 2 is 2.36 bits per heavy atom. The van der Waals surface area contributed by atoms with Crippen LogP contribution in [0.25, 0.3) is 0 Å². The fourth-order valence-electron chi connectivity index (χ4n) is 1.65. The fraction of sp³-hybridized carbons (Fsp3) is 0.778. The Hall–Kier alpha value is -0.710. The summed E-state index contributed by atoms with van der Waals surface area (Å²) < 4.78 is 0. The lowest BCUT2D eigenvalue weighted by Gasteiger charge is -2.43. The van der Waals surface area contributed by atoms with Crippen molar-refractivity contribution < 1.29 is 9.63 Å². The molecule has 14 heavy (non-hydrogen) atoms. The minimum Gasteiger partial charge on any atom is -0.323 e. The van der Waals surface area contributed by atoms with E-state index in [2.05, 4.69) is 29.2 Å². The highest BCUT2D eigenvalue weighted by molar-refractivity contribution is 8.00. The molecule has 0 radical (unpaired) electrons. The molecule has 0 spiro atoms. The Morgan fingerprint density at radius 1 is 1.71 bits per heavy atom. The molecule has 1 N–H and O–H groups in total. The van der Waals surface area contributed by atoms with Gasteiger partial charge in [-0.05, 0) is 18.1 Å². The second-order valence-corrected chi connectivity index (χ2v) is 4.94. The summed E-state index contributed by atoms with van der Waals surface area (Å²) in [5.74, 6) is 0. The molecule has 0 aliphatic heterocycles. The Morgan fingerprint density at radius 3 is 2.79 bits per heavy atom. The molecule has 0 aromatic heterocycles. The topological polar surface area (TPSA) is 50.7 Å².